The molecule has 26 heavy (non-hydrogen) atoms. The summed E-state index contributed by atoms with van der Waals surface area (Å²) in [4.78, 5) is 23.6. The molecule has 3 aromatic carbocycles. The van der Waals surface area contributed by atoms with Crippen molar-refractivity contribution >= 4 is 17.4 Å². The third-order valence-corrected chi connectivity index (χ3v) is 3.70. The molecule has 0 spiro atoms. The van der Waals surface area contributed by atoms with Gasteiger partial charge in [0.1, 0.15) is 11.5 Å². The van der Waals surface area contributed by atoms with E-state index in [1.54, 1.807) is 60.7 Å². The zero-order valence-corrected chi connectivity index (χ0v) is 14.0. The molecule has 3 aromatic rings. The minimum atomic E-state index is -0.266. The molecule has 128 valence electrons. The van der Waals surface area contributed by atoms with Crippen LogP contribution in [-0.4, -0.2) is 11.7 Å². The fraction of sp³-hybridized carbons (Fsp3) is 0. The molecule has 0 fully saturated rings. The Bertz CT molecular complexity index is 914. The first kappa shape index (κ1) is 17.2. The number of hydrogen-bond acceptors (Lipinski definition) is 3. The van der Waals surface area contributed by atoms with Gasteiger partial charge in [-0.15, -0.1) is 0 Å². The molecule has 1 amide bonds. The second-order valence-corrected chi connectivity index (χ2v) is 5.54. The molecule has 0 atom stereocenters. The van der Waals surface area contributed by atoms with Gasteiger partial charge in [0.25, 0.3) is 0 Å². The summed E-state index contributed by atoms with van der Waals surface area (Å²) in [5, 5.41) is 2.67. The third kappa shape index (κ3) is 4.24. The number of anilines is 1. The van der Waals surface area contributed by atoms with Crippen molar-refractivity contribution in [1.82, 2.24) is 0 Å². The van der Waals surface area contributed by atoms with Gasteiger partial charge >= 0.3 is 0 Å². The van der Waals surface area contributed by atoms with Gasteiger partial charge < -0.3 is 10.1 Å². The average molecular weight is 343 g/mol. The van der Waals surface area contributed by atoms with Crippen LogP contribution in [0.4, 0.5) is 5.69 Å². The lowest BCUT2D eigenvalue weighted by molar-refractivity contribution is -0.111. The largest absolute Gasteiger partial charge is 0.457 e. The maximum atomic E-state index is 12.4. The quantitative estimate of drug-likeness (QED) is 0.515. The maximum absolute atomic E-state index is 12.4. The van der Waals surface area contributed by atoms with E-state index in [2.05, 4.69) is 11.9 Å². The summed E-state index contributed by atoms with van der Waals surface area (Å²) in [5.74, 6) is 0.957. The number of ether oxygens (including phenoxy) is 1. The lowest BCUT2D eigenvalue weighted by atomic mass is 10.0. The second-order valence-electron chi connectivity index (χ2n) is 5.54. The molecule has 1 N–H and O–H groups in total. The predicted octanol–water partition coefficient (Wildman–Crippen LogP) is 4.83. The Hall–Kier alpha value is -3.66. The van der Waals surface area contributed by atoms with Crippen molar-refractivity contribution in [2.24, 2.45) is 0 Å². The zero-order chi connectivity index (χ0) is 18.4. The molecule has 0 aliphatic carbocycles. The fourth-order valence-electron chi connectivity index (χ4n) is 2.37. The van der Waals surface area contributed by atoms with E-state index < -0.39 is 0 Å². The summed E-state index contributed by atoms with van der Waals surface area (Å²) in [6, 6.07) is 23.1. The van der Waals surface area contributed by atoms with Crippen molar-refractivity contribution in [2.45, 2.75) is 0 Å². The van der Waals surface area contributed by atoms with Gasteiger partial charge in [-0.25, -0.2) is 0 Å². The summed E-state index contributed by atoms with van der Waals surface area (Å²) < 4.78 is 5.76. The first-order chi connectivity index (χ1) is 12.7. The van der Waals surface area contributed by atoms with Gasteiger partial charge in [-0.2, -0.15) is 0 Å². The number of ketones is 1. The Morgan fingerprint density at radius 1 is 0.769 bits per heavy atom. The van der Waals surface area contributed by atoms with Crippen LogP contribution < -0.4 is 10.1 Å². The van der Waals surface area contributed by atoms with E-state index >= 15 is 0 Å². The van der Waals surface area contributed by atoms with E-state index in [4.69, 9.17) is 4.74 Å². The van der Waals surface area contributed by atoms with Crippen molar-refractivity contribution in [3.05, 3.63) is 103 Å². The topological polar surface area (TPSA) is 55.4 Å². The van der Waals surface area contributed by atoms with Crippen LogP contribution in [0.5, 0.6) is 11.5 Å². The van der Waals surface area contributed by atoms with Crippen molar-refractivity contribution in [3.8, 4) is 11.5 Å². The molecule has 0 saturated carbocycles. The summed E-state index contributed by atoms with van der Waals surface area (Å²) in [5.41, 5.74) is 1.91. The van der Waals surface area contributed by atoms with Gasteiger partial charge in [-0.1, -0.05) is 36.9 Å². The number of nitrogens with one attached hydrogen (secondary N) is 1. The molecule has 4 heteroatoms. The average Bonchev–Trinajstić information content (AvgIpc) is 2.70. The number of benzene rings is 3. The normalized spacial score (nSPS) is 10.0. The van der Waals surface area contributed by atoms with Crippen molar-refractivity contribution in [3.63, 3.8) is 0 Å². The number of hydrogen-bond donors (Lipinski definition) is 1. The van der Waals surface area contributed by atoms with Gasteiger partial charge in [-0.3, -0.25) is 9.59 Å². The Labute approximate surface area is 151 Å². The Morgan fingerprint density at radius 3 is 1.88 bits per heavy atom. The minimum absolute atomic E-state index is 0.0283. The van der Waals surface area contributed by atoms with E-state index in [1.807, 2.05) is 18.2 Å². The summed E-state index contributed by atoms with van der Waals surface area (Å²) >= 11 is 0. The molecule has 0 heterocycles. The molecule has 0 aromatic heterocycles. The number of carbonyl (C=O) groups excluding carboxylic acids is 2. The van der Waals surface area contributed by atoms with Gasteiger partial charge in [0, 0.05) is 16.8 Å². The number of rotatable bonds is 6. The monoisotopic (exact) mass is 343 g/mol. The molecule has 4 nitrogen and oxygen atoms in total. The number of carbonyl (C=O) groups is 2. The van der Waals surface area contributed by atoms with E-state index in [9.17, 15) is 9.59 Å². The smallest absolute Gasteiger partial charge is 0.247 e. The fourth-order valence-corrected chi connectivity index (χ4v) is 2.37. The molecular weight excluding hydrogens is 326 g/mol. The molecule has 0 bridgehead atoms. The summed E-state index contributed by atoms with van der Waals surface area (Å²) in [7, 11) is 0. The first-order valence-electron chi connectivity index (χ1n) is 8.07. The molecule has 0 radical (unpaired) electrons. The molecule has 0 aliphatic heterocycles. The first-order valence-corrected chi connectivity index (χ1v) is 8.07. The molecular formula is C22H17NO3. The van der Waals surface area contributed by atoms with E-state index in [-0.39, 0.29) is 11.7 Å². The predicted molar refractivity (Wildman–Crippen MR) is 102 cm³/mol. The Morgan fingerprint density at radius 2 is 1.31 bits per heavy atom. The van der Waals surface area contributed by atoms with E-state index in [1.165, 1.54) is 6.08 Å². The maximum Gasteiger partial charge on any atom is 0.247 e. The highest BCUT2D eigenvalue weighted by molar-refractivity contribution is 6.09. The summed E-state index contributed by atoms with van der Waals surface area (Å²) in [6.45, 7) is 3.41. The van der Waals surface area contributed by atoms with Crippen molar-refractivity contribution < 1.29 is 14.3 Å². The highest BCUT2D eigenvalue weighted by Crippen LogP contribution is 2.24. The molecule has 0 unspecified atom stereocenters. The number of amides is 1. The van der Waals surface area contributed by atoms with Crippen LogP contribution in [0.3, 0.4) is 0 Å². The van der Waals surface area contributed by atoms with Gasteiger partial charge in [0.05, 0.1) is 0 Å². The van der Waals surface area contributed by atoms with Crippen LogP contribution in [0.15, 0.2) is 91.5 Å². The van der Waals surface area contributed by atoms with Gasteiger partial charge in [-0.05, 0) is 54.6 Å². The molecule has 0 saturated heterocycles. The van der Waals surface area contributed by atoms with Crippen LogP contribution in [0.2, 0.25) is 0 Å². The summed E-state index contributed by atoms with van der Waals surface area (Å²) in [6.07, 6.45) is 1.21. The van der Waals surface area contributed by atoms with Crippen LogP contribution in [-0.2, 0) is 4.79 Å². The lowest BCUT2D eigenvalue weighted by Gasteiger charge is -2.08. The van der Waals surface area contributed by atoms with E-state index in [0.29, 0.717) is 28.3 Å². The van der Waals surface area contributed by atoms with Crippen LogP contribution >= 0.6 is 0 Å². The zero-order valence-electron chi connectivity index (χ0n) is 14.0. The SMILES string of the molecule is C=CC(=O)Nc1ccc(Oc2ccc(C(=O)c3ccccc3)cc2)cc1. The van der Waals surface area contributed by atoms with Crippen molar-refractivity contribution in [1.29, 1.82) is 0 Å². The van der Waals surface area contributed by atoms with Gasteiger partial charge in [0.2, 0.25) is 5.91 Å². The standard InChI is InChI=1S/C22H17NO3/c1-2-21(24)23-18-10-14-20(15-11-18)26-19-12-8-17(9-13-19)22(25)16-6-4-3-5-7-16/h2-15H,1H2,(H,23,24). The van der Waals surface area contributed by atoms with Crippen LogP contribution in [0, 0.1) is 0 Å². The molecule has 0 aliphatic rings. The highest BCUT2D eigenvalue weighted by Gasteiger charge is 2.08. The third-order valence-electron chi connectivity index (χ3n) is 3.70. The Balaban J connectivity index is 1.67. The Kier molecular flexibility index (Phi) is 5.25. The van der Waals surface area contributed by atoms with E-state index in [0.717, 1.165) is 0 Å². The lowest BCUT2D eigenvalue weighted by Crippen LogP contribution is -2.06. The van der Waals surface area contributed by atoms with Crippen LogP contribution in [0.25, 0.3) is 0 Å². The molecule has 3 rings (SSSR count). The minimum Gasteiger partial charge on any atom is -0.457 e. The van der Waals surface area contributed by atoms with Gasteiger partial charge in [0.15, 0.2) is 5.78 Å². The highest BCUT2D eigenvalue weighted by atomic mass is 16.5. The second kappa shape index (κ2) is 7.94. The van der Waals surface area contributed by atoms with Crippen LogP contribution in [0.1, 0.15) is 15.9 Å². The van der Waals surface area contributed by atoms with Crippen molar-refractivity contribution in [2.75, 3.05) is 5.32 Å².